The summed E-state index contributed by atoms with van der Waals surface area (Å²) in [6, 6.07) is 4.40. The number of aromatic amines is 1. The van der Waals surface area contributed by atoms with Crippen LogP contribution in [0.3, 0.4) is 0 Å². The van der Waals surface area contributed by atoms with Crippen LogP contribution in [-0.2, 0) is 4.74 Å². The zero-order valence-electron chi connectivity index (χ0n) is 19.6. The third-order valence-electron chi connectivity index (χ3n) is 7.38. The van der Waals surface area contributed by atoms with E-state index in [1.165, 1.54) is 18.3 Å². The third kappa shape index (κ3) is 4.22. The van der Waals surface area contributed by atoms with Crippen molar-refractivity contribution in [1.82, 2.24) is 20.3 Å². The number of H-pyrrole nitrogens is 1. The average molecular weight is 500 g/mol. The molecule has 0 bridgehead atoms. The SMILES string of the molecule is COC1Oc2ccc(C3CCC3)c(-c3ncnc4c(C(=O)N[C@H]5CC[C@H](N)CC5)c[nH]c34)c2O1.Cl. The molecule has 1 atom stereocenters. The quantitative estimate of drug-likeness (QED) is 0.484. The van der Waals surface area contributed by atoms with Gasteiger partial charge < -0.3 is 30.2 Å². The minimum absolute atomic E-state index is 0. The van der Waals surface area contributed by atoms with Gasteiger partial charge in [-0.25, -0.2) is 9.97 Å². The smallest absolute Gasteiger partial charge is 0.360 e. The zero-order chi connectivity index (χ0) is 23.2. The largest absolute Gasteiger partial charge is 0.428 e. The normalized spacial score (nSPS) is 23.5. The monoisotopic (exact) mass is 499 g/mol. The van der Waals surface area contributed by atoms with Crippen LogP contribution in [0.4, 0.5) is 0 Å². The summed E-state index contributed by atoms with van der Waals surface area (Å²) in [5, 5.41) is 3.16. The molecule has 4 N–H and O–H groups in total. The molecule has 1 unspecified atom stereocenters. The van der Waals surface area contributed by atoms with Gasteiger partial charge in [0.15, 0.2) is 11.5 Å². The Bertz CT molecular complexity index is 1240. The van der Waals surface area contributed by atoms with E-state index >= 15 is 0 Å². The lowest BCUT2D eigenvalue weighted by atomic mass is 9.77. The van der Waals surface area contributed by atoms with Crippen LogP contribution < -0.4 is 20.5 Å². The molecule has 35 heavy (non-hydrogen) atoms. The van der Waals surface area contributed by atoms with Gasteiger partial charge in [0.1, 0.15) is 17.5 Å². The second-order valence-corrected chi connectivity index (χ2v) is 9.48. The van der Waals surface area contributed by atoms with E-state index in [1.807, 2.05) is 6.07 Å². The predicted molar refractivity (Wildman–Crippen MR) is 133 cm³/mol. The van der Waals surface area contributed by atoms with Gasteiger partial charge in [0, 0.05) is 25.4 Å². The highest BCUT2D eigenvalue weighted by atomic mass is 35.5. The molecule has 0 spiro atoms. The number of nitrogens with zero attached hydrogens (tertiary/aromatic N) is 2. The molecule has 10 heteroatoms. The molecule has 1 aliphatic heterocycles. The lowest BCUT2D eigenvalue weighted by molar-refractivity contribution is -0.157. The van der Waals surface area contributed by atoms with Gasteiger partial charge in [-0.05, 0) is 56.1 Å². The average Bonchev–Trinajstić information content (AvgIpc) is 3.43. The first kappa shape index (κ1) is 23.8. The molecule has 2 aromatic heterocycles. The molecule has 3 aromatic rings. The van der Waals surface area contributed by atoms with Gasteiger partial charge in [-0.3, -0.25) is 4.79 Å². The number of carbonyl (C=O) groups excluding carboxylic acids is 1. The number of hydrogen-bond acceptors (Lipinski definition) is 7. The van der Waals surface area contributed by atoms with Crippen LogP contribution in [0, 0.1) is 0 Å². The molecule has 1 amide bonds. The minimum atomic E-state index is -0.795. The maximum Gasteiger partial charge on any atom is 0.360 e. The van der Waals surface area contributed by atoms with Crippen LogP contribution >= 0.6 is 12.4 Å². The molecule has 3 heterocycles. The van der Waals surface area contributed by atoms with E-state index in [-0.39, 0.29) is 30.4 Å². The van der Waals surface area contributed by atoms with Crippen LogP contribution in [0.1, 0.15) is 66.8 Å². The summed E-state index contributed by atoms with van der Waals surface area (Å²) in [7, 11) is 1.54. The summed E-state index contributed by atoms with van der Waals surface area (Å²) in [5.74, 6) is 1.55. The van der Waals surface area contributed by atoms with Crippen molar-refractivity contribution in [2.75, 3.05) is 7.11 Å². The standard InChI is InChI=1S/C25H29N5O4.ClH/c1-32-25-33-18-10-9-16(13-3-2-4-13)19(23(18)34-25)21-22-20(28-12-29-21)17(11-27-22)24(31)30-15-7-5-14(26)6-8-15;/h9-15,25,27H,2-8,26H2,1H3,(H,30,31);1H/t14-,15-,25?;. The van der Waals surface area contributed by atoms with Crippen LogP contribution in [0.25, 0.3) is 22.3 Å². The molecule has 2 fully saturated rings. The van der Waals surface area contributed by atoms with E-state index < -0.39 is 6.48 Å². The van der Waals surface area contributed by atoms with Crippen LogP contribution in [0.2, 0.25) is 0 Å². The minimum Gasteiger partial charge on any atom is -0.428 e. The molecule has 0 saturated heterocycles. The Balaban J connectivity index is 0.00000253. The Morgan fingerprint density at radius 1 is 1.14 bits per heavy atom. The van der Waals surface area contributed by atoms with Gasteiger partial charge in [-0.15, -0.1) is 12.4 Å². The van der Waals surface area contributed by atoms with E-state index in [1.54, 1.807) is 13.3 Å². The maximum absolute atomic E-state index is 13.1. The molecular weight excluding hydrogens is 470 g/mol. The zero-order valence-corrected chi connectivity index (χ0v) is 20.4. The molecule has 3 aliphatic rings. The first-order chi connectivity index (χ1) is 16.6. The fraction of sp³-hybridized carbons (Fsp3) is 0.480. The van der Waals surface area contributed by atoms with Crippen molar-refractivity contribution in [2.24, 2.45) is 5.73 Å². The van der Waals surface area contributed by atoms with Gasteiger partial charge in [0.05, 0.1) is 16.6 Å². The van der Waals surface area contributed by atoms with Gasteiger partial charge in [-0.2, -0.15) is 0 Å². The van der Waals surface area contributed by atoms with Crippen LogP contribution in [0.15, 0.2) is 24.7 Å². The van der Waals surface area contributed by atoms with E-state index in [4.69, 9.17) is 19.9 Å². The first-order valence-corrected chi connectivity index (χ1v) is 12.0. The third-order valence-corrected chi connectivity index (χ3v) is 7.38. The number of hydrogen-bond donors (Lipinski definition) is 3. The van der Waals surface area contributed by atoms with Gasteiger partial charge in [0.25, 0.3) is 5.91 Å². The number of carbonyl (C=O) groups is 1. The topological polar surface area (TPSA) is 124 Å². The predicted octanol–water partition coefficient (Wildman–Crippen LogP) is 4.02. The maximum atomic E-state index is 13.1. The summed E-state index contributed by atoms with van der Waals surface area (Å²) in [6.45, 7) is -0.795. The van der Waals surface area contributed by atoms with Crippen molar-refractivity contribution in [3.05, 3.63) is 35.8 Å². The molecule has 2 saturated carbocycles. The Labute approximate surface area is 209 Å². The van der Waals surface area contributed by atoms with Crippen LogP contribution in [-0.4, -0.2) is 46.5 Å². The summed E-state index contributed by atoms with van der Waals surface area (Å²) in [5.41, 5.74) is 10.6. The Hall–Kier alpha value is -2.88. The Kier molecular flexibility index (Phi) is 6.57. The number of benzene rings is 1. The van der Waals surface area contributed by atoms with Gasteiger partial charge >= 0.3 is 6.48 Å². The molecular formula is C25H30ClN5O4. The number of aromatic nitrogens is 3. The first-order valence-electron chi connectivity index (χ1n) is 12.0. The Morgan fingerprint density at radius 3 is 2.66 bits per heavy atom. The lowest BCUT2D eigenvalue weighted by Gasteiger charge is -2.28. The van der Waals surface area contributed by atoms with Crippen molar-refractivity contribution in [3.8, 4) is 22.8 Å². The van der Waals surface area contributed by atoms with Gasteiger partial charge in [0.2, 0.25) is 0 Å². The highest BCUT2D eigenvalue weighted by Gasteiger charge is 2.34. The summed E-state index contributed by atoms with van der Waals surface area (Å²) in [6.07, 6.45) is 10.3. The molecule has 186 valence electrons. The summed E-state index contributed by atoms with van der Waals surface area (Å²) >= 11 is 0. The van der Waals surface area contributed by atoms with Crippen molar-refractivity contribution in [3.63, 3.8) is 0 Å². The number of nitrogens with two attached hydrogens (primary N) is 1. The van der Waals surface area contributed by atoms with Crippen molar-refractivity contribution < 1.29 is 19.0 Å². The van der Waals surface area contributed by atoms with E-state index in [0.717, 1.165) is 44.1 Å². The molecule has 9 nitrogen and oxygen atoms in total. The van der Waals surface area contributed by atoms with Crippen molar-refractivity contribution >= 4 is 29.3 Å². The molecule has 1 aromatic carbocycles. The summed E-state index contributed by atoms with van der Waals surface area (Å²) in [4.78, 5) is 25.5. The number of fused-ring (bicyclic) bond motifs is 2. The number of nitrogens with one attached hydrogen (secondary N) is 2. The number of amides is 1. The van der Waals surface area contributed by atoms with Crippen molar-refractivity contribution in [1.29, 1.82) is 0 Å². The van der Waals surface area contributed by atoms with Crippen LogP contribution in [0.5, 0.6) is 11.5 Å². The molecule has 6 rings (SSSR count). The molecule has 2 aliphatic carbocycles. The molecule has 0 radical (unpaired) electrons. The Morgan fingerprint density at radius 2 is 1.94 bits per heavy atom. The fourth-order valence-electron chi connectivity index (χ4n) is 5.24. The number of rotatable bonds is 5. The number of ether oxygens (including phenoxy) is 3. The second kappa shape index (κ2) is 9.64. The number of methoxy groups -OCH3 is 1. The number of halogens is 1. The van der Waals surface area contributed by atoms with Crippen molar-refractivity contribution in [2.45, 2.75) is 69.4 Å². The summed E-state index contributed by atoms with van der Waals surface area (Å²) < 4.78 is 17.1. The van der Waals surface area contributed by atoms with Gasteiger partial charge in [-0.1, -0.05) is 12.5 Å². The second-order valence-electron chi connectivity index (χ2n) is 9.48. The van der Waals surface area contributed by atoms with E-state index in [9.17, 15) is 4.79 Å². The lowest BCUT2D eigenvalue weighted by Crippen LogP contribution is -2.40. The van der Waals surface area contributed by atoms with E-state index in [2.05, 4.69) is 26.3 Å². The highest BCUT2D eigenvalue weighted by Crippen LogP contribution is 2.51. The highest BCUT2D eigenvalue weighted by molar-refractivity contribution is 6.08. The van der Waals surface area contributed by atoms with E-state index in [0.29, 0.717) is 39.7 Å². The fourth-order valence-corrected chi connectivity index (χ4v) is 5.24.